The van der Waals surface area contributed by atoms with Gasteiger partial charge in [-0.05, 0) is 58.8 Å². The second kappa shape index (κ2) is 6.41. The number of hydrogen-bond donors (Lipinski definition) is 1. The van der Waals surface area contributed by atoms with Gasteiger partial charge in [-0.2, -0.15) is 0 Å². The van der Waals surface area contributed by atoms with Gasteiger partial charge in [-0.3, -0.25) is 0 Å². The van der Waals surface area contributed by atoms with Crippen LogP contribution >= 0.6 is 0 Å². The van der Waals surface area contributed by atoms with Gasteiger partial charge < -0.3 is 10.2 Å². The first-order chi connectivity index (χ1) is 6.72. The summed E-state index contributed by atoms with van der Waals surface area (Å²) < 4.78 is 0. The maximum Gasteiger partial charge on any atom is 0.000356 e. The minimum Gasteiger partial charge on any atom is -0.320 e. The van der Waals surface area contributed by atoms with Crippen molar-refractivity contribution in [1.29, 1.82) is 0 Å². The lowest BCUT2D eigenvalue weighted by Crippen LogP contribution is -2.26. The van der Waals surface area contributed by atoms with Crippen molar-refractivity contribution in [1.82, 2.24) is 10.2 Å². The van der Waals surface area contributed by atoms with E-state index >= 15 is 0 Å². The van der Waals surface area contributed by atoms with E-state index in [1.54, 1.807) is 0 Å². The van der Waals surface area contributed by atoms with E-state index in [4.69, 9.17) is 0 Å². The average molecular weight is 198 g/mol. The Balaban J connectivity index is 2.11. The molecular formula is C12H26N2. The molecule has 0 aromatic carbocycles. The molecule has 1 fully saturated rings. The summed E-state index contributed by atoms with van der Waals surface area (Å²) in [4.78, 5) is 2.33. The molecule has 0 aromatic rings. The molecule has 1 saturated carbocycles. The van der Waals surface area contributed by atoms with Crippen LogP contribution in [0.1, 0.15) is 32.1 Å². The van der Waals surface area contributed by atoms with Crippen LogP contribution in [0, 0.1) is 11.8 Å². The van der Waals surface area contributed by atoms with Crippen LogP contribution in [0.4, 0.5) is 0 Å². The highest BCUT2D eigenvalue weighted by Crippen LogP contribution is 2.30. The zero-order valence-electron chi connectivity index (χ0n) is 10.1. The highest BCUT2D eigenvalue weighted by molar-refractivity contribution is 4.74. The number of rotatable bonds is 5. The fourth-order valence-electron chi connectivity index (χ4n) is 2.57. The molecule has 0 aliphatic heterocycles. The van der Waals surface area contributed by atoms with Crippen molar-refractivity contribution in [2.45, 2.75) is 32.1 Å². The fourth-order valence-corrected chi connectivity index (χ4v) is 2.57. The maximum absolute atomic E-state index is 3.25. The second-order valence-electron chi connectivity index (χ2n) is 5.04. The van der Waals surface area contributed by atoms with Crippen LogP contribution < -0.4 is 5.32 Å². The number of hydrogen-bond acceptors (Lipinski definition) is 2. The summed E-state index contributed by atoms with van der Waals surface area (Å²) in [6, 6.07) is 0. The molecule has 14 heavy (non-hydrogen) atoms. The fraction of sp³-hybridized carbons (Fsp3) is 1.00. The van der Waals surface area contributed by atoms with Gasteiger partial charge in [-0.25, -0.2) is 0 Å². The Morgan fingerprint density at radius 2 is 1.64 bits per heavy atom. The topological polar surface area (TPSA) is 15.3 Å². The summed E-state index contributed by atoms with van der Waals surface area (Å²) in [6.45, 7) is 2.49. The first-order valence-electron chi connectivity index (χ1n) is 6.01. The van der Waals surface area contributed by atoms with E-state index in [0.717, 1.165) is 11.8 Å². The molecule has 2 nitrogen and oxygen atoms in total. The minimum absolute atomic E-state index is 0.968. The molecule has 0 bridgehead atoms. The van der Waals surface area contributed by atoms with Gasteiger partial charge in [0.1, 0.15) is 0 Å². The van der Waals surface area contributed by atoms with Crippen molar-refractivity contribution in [3.8, 4) is 0 Å². The van der Waals surface area contributed by atoms with Crippen LogP contribution in [0.15, 0.2) is 0 Å². The first kappa shape index (κ1) is 12.0. The van der Waals surface area contributed by atoms with E-state index in [1.165, 1.54) is 45.2 Å². The molecule has 0 spiro atoms. The third-order valence-electron chi connectivity index (χ3n) is 3.39. The van der Waals surface area contributed by atoms with Gasteiger partial charge in [0, 0.05) is 6.54 Å². The molecule has 0 atom stereocenters. The summed E-state index contributed by atoms with van der Waals surface area (Å²) in [6.07, 6.45) is 7.20. The van der Waals surface area contributed by atoms with E-state index < -0.39 is 0 Å². The Morgan fingerprint density at radius 1 is 1.07 bits per heavy atom. The maximum atomic E-state index is 3.25. The summed E-state index contributed by atoms with van der Waals surface area (Å²) in [5.41, 5.74) is 0. The Bertz CT molecular complexity index is 137. The summed E-state index contributed by atoms with van der Waals surface area (Å²) in [5.74, 6) is 1.97. The molecule has 0 radical (unpaired) electrons. The normalized spacial score (nSPS) is 28.3. The second-order valence-corrected chi connectivity index (χ2v) is 5.04. The Kier molecular flexibility index (Phi) is 5.49. The molecule has 0 aromatic heterocycles. The highest BCUT2D eigenvalue weighted by atomic mass is 15.1. The quantitative estimate of drug-likeness (QED) is 0.726. The minimum atomic E-state index is 0.968. The molecule has 1 rings (SSSR count). The lowest BCUT2D eigenvalue weighted by atomic mass is 9.80. The van der Waals surface area contributed by atoms with Crippen LogP contribution in [-0.4, -0.2) is 39.1 Å². The van der Waals surface area contributed by atoms with Gasteiger partial charge in [0.2, 0.25) is 0 Å². The van der Waals surface area contributed by atoms with Gasteiger partial charge in [-0.15, -0.1) is 0 Å². The molecule has 0 amide bonds. The molecule has 84 valence electrons. The van der Waals surface area contributed by atoms with Crippen molar-refractivity contribution in [3.63, 3.8) is 0 Å². The van der Waals surface area contributed by atoms with Gasteiger partial charge in [0.15, 0.2) is 0 Å². The van der Waals surface area contributed by atoms with Crippen molar-refractivity contribution < 1.29 is 0 Å². The van der Waals surface area contributed by atoms with E-state index in [0.29, 0.717) is 0 Å². The van der Waals surface area contributed by atoms with Crippen LogP contribution in [0.3, 0.4) is 0 Å². The van der Waals surface area contributed by atoms with Crippen molar-refractivity contribution in [2.75, 3.05) is 34.2 Å². The van der Waals surface area contributed by atoms with E-state index in [1.807, 2.05) is 0 Å². The number of nitrogens with one attached hydrogen (secondary N) is 1. The third-order valence-corrected chi connectivity index (χ3v) is 3.39. The molecule has 0 unspecified atom stereocenters. The zero-order chi connectivity index (χ0) is 10.4. The van der Waals surface area contributed by atoms with Crippen LogP contribution in [0.5, 0.6) is 0 Å². The smallest absolute Gasteiger partial charge is 0.000356 e. The average Bonchev–Trinajstić information content (AvgIpc) is 2.16. The summed E-state index contributed by atoms with van der Waals surface area (Å²) in [5, 5.41) is 3.25. The molecular weight excluding hydrogens is 172 g/mol. The lowest BCUT2D eigenvalue weighted by molar-refractivity contribution is 0.216. The molecule has 1 N–H and O–H groups in total. The molecule has 1 aliphatic carbocycles. The third kappa shape index (κ3) is 4.43. The molecule has 0 heterocycles. The monoisotopic (exact) mass is 198 g/mol. The van der Waals surface area contributed by atoms with E-state index in [9.17, 15) is 0 Å². The molecule has 0 saturated heterocycles. The zero-order valence-corrected chi connectivity index (χ0v) is 10.1. The van der Waals surface area contributed by atoms with Crippen LogP contribution in [-0.2, 0) is 0 Å². The lowest BCUT2D eigenvalue weighted by Gasteiger charge is -2.30. The van der Waals surface area contributed by atoms with Gasteiger partial charge in [0.25, 0.3) is 0 Å². The summed E-state index contributed by atoms with van der Waals surface area (Å²) in [7, 11) is 6.43. The standard InChI is InChI=1S/C12H26N2/c1-13-9-8-11-4-6-12(7-5-11)10-14(2)3/h11-13H,4-10H2,1-3H3. The first-order valence-corrected chi connectivity index (χ1v) is 6.01. The molecule has 2 heteroatoms. The van der Waals surface area contributed by atoms with Gasteiger partial charge >= 0.3 is 0 Å². The van der Waals surface area contributed by atoms with Crippen LogP contribution in [0.25, 0.3) is 0 Å². The Hall–Kier alpha value is -0.0800. The predicted molar refractivity (Wildman–Crippen MR) is 62.5 cm³/mol. The summed E-state index contributed by atoms with van der Waals surface area (Å²) >= 11 is 0. The van der Waals surface area contributed by atoms with Crippen molar-refractivity contribution >= 4 is 0 Å². The molecule has 1 aliphatic rings. The Labute approximate surface area is 89.1 Å². The van der Waals surface area contributed by atoms with E-state index in [2.05, 4.69) is 31.4 Å². The largest absolute Gasteiger partial charge is 0.320 e. The predicted octanol–water partition coefficient (Wildman–Crippen LogP) is 1.96. The van der Waals surface area contributed by atoms with Crippen LogP contribution in [0.2, 0.25) is 0 Å². The van der Waals surface area contributed by atoms with Gasteiger partial charge in [-0.1, -0.05) is 12.8 Å². The highest BCUT2D eigenvalue weighted by Gasteiger charge is 2.20. The van der Waals surface area contributed by atoms with Gasteiger partial charge in [0.05, 0.1) is 0 Å². The number of nitrogens with zero attached hydrogens (tertiary/aromatic N) is 1. The Morgan fingerprint density at radius 3 is 2.14 bits per heavy atom. The SMILES string of the molecule is CNCCC1CCC(CN(C)C)CC1. The van der Waals surface area contributed by atoms with Crippen molar-refractivity contribution in [3.05, 3.63) is 0 Å². The van der Waals surface area contributed by atoms with Crippen molar-refractivity contribution in [2.24, 2.45) is 11.8 Å². The van der Waals surface area contributed by atoms with E-state index in [-0.39, 0.29) is 0 Å².